The summed E-state index contributed by atoms with van der Waals surface area (Å²) in [6.07, 6.45) is -4.19. The van der Waals surface area contributed by atoms with Crippen LogP contribution in [0.1, 0.15) is 18.9 Å². The third kappa shape index (κ3) is 6.63. The average molecular weight is 313 g/mol. The van der Waals surface area contributed by atoms with Crippen LogP contribution in [0.4, 0.5) is 13.2 Å². The van der Waals surface area contributed by atoms with E-state index in [2.05, 4.69) is 10.1 Å². The van der Waals surface area contributed by atoms with Gasteiger partial charge in [0.15, 0.2) is 0 Å². The van der Waals surface area contributed by atoms with E-state index in [4.69, 9.17) is 5.73 Å². The fraction of sp³-hybridized carbons (Fsp3) is 0.417. The lowest BCUT2D eigenvalue weighted by molar-refractivity contribution is -0.274. The van der Waals surface area contributed by atoms with Crippen LogP contribution in [-0.2, 0) is 11.3 Å². The molecular weight excluding hydrogens is 297 g/mol. The van der Waals surface area contributed by atoms with E-state index in [0.29, 0.717) is 12.0 Å². The first-order valence-electron chi connectivity index (χ1n) is 5.70. The molecule has 1 atom stereocenters. The molecule has 0 unspecified atom stereocenters. The molecule has 0 saturated carbocycles. The van der Waals surface area contributed by atoms with Gasteiger partial charge in [0.25, 0.3) is 0 Å². The number of nitrogens with two attached hydrogens (primary N) is 1. The fourth-order valence-corrected chi connectivity index (χ4v) is 1.31. The molecule has 0 aromatic heterocycles. The Hall–Kier alpha value is -1.47. The lowest BCUT2D eigenvalue weighted by atomic mass is 10.2. The molecular formula is C12H16ClF3N2O2. The second-order valence-corrected chi connectivity index (χ2v) is 3.92. The summed E-state index contributed by atoms with van der Waals surface area (Å²) in [4.78, 5) is 11.4. The lowest BCUT2D eigenvalue weighted by Gasteiger charge is -2.11. The van der Waals surface area contributed by atoms with Gasteiger partial charge in [-0.3, -0.25) is 4.79 Å². The van der Waals surface area contributed by atoms with Crippen LogP contribution < -0.4 is 15.8 Å². The zero-order valence-electron chi connectivity index (χ0n) is 10.7. The van der Waals surface area contributed by atoms with Gasteiger partial charge in [0.1, 0.15) is 5.75 Å². The van der Waals surface area contributed by atoms with Crippen molar-refractivity contribution < 1.29 is 22.7 Å². The molecule has 114 valence electrons. The monoisotopic (exact) mass is 312 g/mol. The Morgan fingerprint density at radius 3 is 2.35 bits per heavy atom. The Kier molecular flexibility index (Phi) is 7.38. The van der Waals surface area contributed by atoms with Gasteiger partial charge >= 0.3 is 6.36 Å². The maximum absolute atomic E-state index is 11.9. The van der Waals surface area contributed by atoms with Crippen molar-refractivity contribution in [1.82, 2.24) is 5.32 Å². The van der Waals surface area contributed by atoms with Crippen LogP contribution in [0.3, 0.4) is 0 Å². The normalized spacial score (nSPS) is 12.2. The molecule has 0 radical (unpaired) electrons. The number of amides is 1. The molecule has 0 bridgehead atoms. The van der Waals surface area contributed by atoms with Gasteiger partial charge in [0.2, 0.25) is 5.91 Å². The first-order valence-corrected chi connectivity index (χ1v) is 5.70. The Labute approximate surface area is 120 Å². The van der Waals surface area contributed by atoms with Gasteiger partial charge in [-0.1, -0.05) is 19.1 Å². The molecule has 0 fully saturated rings. The number of carbonyl (C=O) groups excluding carboxylic acids is 1. The van der Waals surface area contributed by atoms with E-state index in [9.17, 15) is 18.0 Å². The van der Waals surface area contributed by atoms with E-state index >= 15 is 0 Å². The van der Waals surface area contributed by atoms with E-state index in [1.165, 1.54) is 24.3 Å². The quantitative estimate of drug-likeness (QED) is 0.877. The van der Waals surface area contributed by atoms with Crippen LogP contribution in [0.25, 0.3) is 0 Å². The van der Waals surface area contributed by atoms with Crippen molar-refractivity contribution in [3.05, 3.63) is 29.8 Å². The highest BCUT2D eigenvalue weighted by Gasteiger charge is 2.30. The van der Waals surface area contributed by atoms with Crippen LogP contribution in [0.2, 0.25) is 0 Å². The summed E-state index contributed by atoms with van der Waals surface area (Å²) in [5.41, 5.74) is 6.18. The van der Waals surface area contributed by atoms with Crippen molar-refractivity contribution in [3.63, 3.8) is 0 Å². The Morgan fingerprint density at radius 1 is 1.35 bits per heavy atom. The molecule has 0 aliphatic carbocycles. The third-order valence-corrected chi connectivity index (χ3v) is 2.40. The van der Waals surface area contributed by atoms with Crippen LogP contribution >= 0.6 is 12.4 Å². The van der Waals surface area contributed by atoms with Gasteiger partial charge in [0, 0.05) is 6.54 Å². The minimum Gasteiger partial charge on any atom is -0.406 e. The van der Waals surface area contributed by atoms with Gasteiger partial charge in [-0.25, -0.2) is 0 Å². The zero-order chi connectivity index (χ0) is 14.5. The molecule has 0 spiro atoms. The first-order chi connectivity index (χ1) is 8.81. The van der Waals surface area contributed by atoms with Gasteiger partial charge in [0.05, 0.1) is 6.04 Å². The summed E-state index contributed by atoms with van der Waals surface area (Å²) in [5, 5.41) is 2.59. The van der Waals surface area contributed by atoms with Gasteiger partial charge in [-0.05, 0) is 24.1 Å². The predicted molar refractivity (Wildman–Crippen MR) is 70.5 cm³/mol. The van der Waals surface area contributed by atoms with E-state index in [-0.39, 0.29) is 30.6 Å². The third-order valence-electron chi connectivity index (χ3n) is 2.40. The Morgan fingerprint density at radius 2 is 1.90 bits per heavy atom. The summed E-state index contributed by atoms with van der Waals surface area (Å²) in [5.74, 6) is -0.592. The van der Waals surface area contributed by atoms with Gasteiger partial charge in [-0.15, -0.1) is 25.6 Å². The van der Waals surface area contributed by atoms with Crippen molar-refractivity contribution in [1.29, 1.82) is 0 Å². The van der Waals surface area contributed by atoms with Crippen molar-refractivity contribution in [2.75, 3.05) is 0 Å². The number of alkyl halides is 3. The minimum absolute atomic E-state index is 0. The fourth-order valence-electron chi connectivity index (χ4n) is 1.31. The standard InChI is InChI=1S/C12H15F3N2O2.ClH/c1-2-10(16)11(18)17-7-8-3-5-9(6-4-8)19-12(13,14)15;/h3-6,10H,2,7,16H2,1H3,(H,17,18);1H/t10-;/m0./s1. The summed E-state index contributed by atoms with van der Waals surface area (Å²) >= 11 is 0. The van der Waals surface area contributed by atoms with E-state index in [0.717, 1.165) is 0 Å². The second-order valence-electron chi connectivity index (χ2n) is 3.92. The topological polar surface area (TPSA) is 64.4 Å². The molecule has 1 aromatic carbocycles. The molecule has 0 aliphatic rings. The number of rotatable bonds is 5. The molecule has 1 amide bonds. The van der Waals surface area contributed by atoms with Crippen LogP contribution in [-0.4, -0.2) is 18.3 Å². The first kappa shape index (κ1) is 18.5. The predicted octanol–water partition coefficient (Wildman–Crippen LogP) is 2.36. The van der Waals surface area contributed by atoms with Crippen molar-refractivity contribution in [2.24, 2.45) is 5.73 Å². The second kappa shape index (κ2) is 7.96. The molecule has 0 saturated heterocycles. The average Bonchev–Trinajstić information content (AvgIpc) is 2.34. The molecule has 0 aliphatic heterocycles. The van der Waals surface area contributed by atoms with Gasteiger partial charge < -0.3 is 15.8 Å². The highest BCUT2D eigenvalue weighted by Crippen LogP contribution is 2.22. The number of hydrogen-bond acceptors (Lipinski definition) is 3. The van der Waals surface area contributed by atoms with Crippen LogP contribution in [0, 0.1) is 0 Å². The molecule has 1 rings (SSSR count). The molecule has 1 aromatic rings. The van der Waals surface area contributed by atoms with Crippen LogP contribution in [0.5, 0.6) is 5.75 Å². The number of halogens is 4. The van der Waals surface area contributed by atoms with Crippen molar-refractivity contribution >= 4 is 18.3 Å². The maximum atomic E-state index is 11.9. The number of carbonyl (C=O) groups is 1. The van der Waals surface area contributed by atoms with E-state index in [1.54, 1.807) is 6.92 Å². The summed E-state index contributed by atoms with van der Waals surface area (Å²) in [6, 6.07) is 4.69. The Bertz CT molecular complexity index is 424. The SMILES string of the molecule is CC[C@H](N)C(=O)NCc1ccc(OC(F)(F)F)cc1.Cl. The Balaban J connectivity index is 0.00000361. The molecule has 8 heteroatoms. The van der Waals surface area contributed by atoms with Crippen molar-refractivity contribution in [3.8, 4) is 5.75 Å². The summed E-state index contributed by atoms with van der Waals surface area (Å²) < 4.78 is 39.5. The number of hydrogen-bond donors (Lipinski definition) is 2. The van der Waals surface area contributed by atoms with Crippen molar-refractivity contribution in [2.45, 2.75) is 32.3 Å². The maximum Gasteiger partial charge on any atom is 0.573 e. The number of nitrogens with one attached hydrogen (secondary N) is 1. The van der Waals surface area contributed by atoms with E-state index in [1.807, 2.05) is 0 Å². The van der Waals surface area contributed by atoms with Crippen LogP contribution in [0.15, 0.2) is 24.3 Å². The number of benzene rings is 1. The summed E-state index contributed by atoms with van der Waals surface area (Å²) in [6.45, 7) is 1.99. The number of ether oxygens (including phenoxy) is 1. The lowest BCUT2D eigenvalue weighted by Crippen LogP contribution is -2.39. The molecule has 3 N–H and O–H groups in total. The summed E-state index contributed by atoms with van der Waals surface area (Å²) in [7, 11) is 0. The highest BCUT2D eigenvalue weighted by atomic mass is 35.5. The highest BCUT2D eigenvalue weighted by molar-refractivity contribution is 5.85. The molecule has 20 heavy (non-hydrogen) atoms. The zero-order valence-corrected chi connectivity index (χ0v) is 11.6. The molecule has 0 heterocycles. The largest absolute Gasteiger partial charge is 0.573 e. The van der Waals surface area contributed by atoms with E-state index < -0.39 is 12.4 Å². The molecule has 4 nitrogen and oxygen atoms in total. The minimum atomic E-state index is -4.70. The van der Waals surface area contributed by atoms with Gasteiger partial charge in [-0.2, -0.15) is 0 Å². The smallest absolute Gasteiger partial charge is 0.406 e.